The van der Waals surface area contributed by atoms with Crippen LogP contribution in [-0.2, 0) is 0 Å². The maximum Gasteiger partial charge on any atom is 0.321 e. The van der Waals surface area contributed by atoms with Crippen LogP contribution >= 0.6 is 0 Å². The number of benzene rings is 1. The van der Waals surface area contributed by atoms with Gasteiger partial charge in [-0.3, -0.25) is 0 Å². The number of carbonyl (C=O) groups excluding carboxylic acids is 1. The largest absolute Gasteiger partial charge is 0.323 e. The standard InChI is InChI=1S/C12H15F2N3O/c13-9-2-3-11(10(14)8-9)16-12(18)17-6-1-4-15-5-7-17/h2-3,8,15H,1,4-7H2,(H,16,18). The summed E-state index contributed by atoms with van der Waals surface area (Å²) in [5, 5.41) is 5.62. The molecule has 2 rings (SSSR count). The van der Waals surface area contributed by atoms with Crippen LogP contribution in [0.4, 0.5) is 19.3 Å². The molecular formula is C12H15F2N3O. The summed E-state index contributed by atoms with van der Waals surface area (Å²) in [6.45, 7) is 2.80. The van der Waals surface area contributed by atoms with Gasteiger partial charge in [0.1, 0.15) is 11.6 Å². The lowest BCUT2D eigenvalue weighted by molar-refractivity contribution is 0.215. The van der Waals surface area contributed by atoms with Crippen LogP contribution < -0.4 is 10.6 Å². The van der Waals surface area contributed by atoms with Crippen LogP contribution in [0, 0.1) is 11.6 Å². The van der Waals surface area contributed by atoms with Crippen molar-refractivity contribution in [3.8, 4) is 0 Å². The van der Waals surface area contributed by atoms with Crippen molar-refractivity contribution in [2.24, 2.45) is 0 Å². The predicted octanol–water partition coefficient (Wildman–Crippen LogP) is 1.79. The fourth-order valence-corrected chi connectivity index (χ4v) is 1.83. The molecule has 0 aromatic heterocycles. The van der Waals surface area contributed by atoms with E-state index in [2.05, 4.69) is 10.6 Å². The summed E-state index contributed by atoms with van der Waals surface area (Å²) >= 11 is 0. The fourth-order valence-electron chi connectivity index (χ4n) is 1.83. The smallest absolute Gasteiger partial charge is 0.321 e. The van der Waals surface area contributed by atoms with Crippen LogP contribution in [0.25, 0.3) is 0 Å². The molecule has 6 heteroatoms. The van der Waals surface area contributed by atoms with Crippen molar-refractivity contribution in [2.45, 2.75) is 6.42 Å². The Morgan fingerprint density at radius 1 is 1.28 bits per heavy atom. The number of hydrogen-bond donors (Lipinski definition) is 2. The highest BCUT2D eigenvalue weighted by Gasteiger charge is 2.16. The molecule has 1 aliphatic heterocycles. The molecule has 2 N–H and O–H groups in total. The minimum Gasteiger partial charge on any atom is -0.323 e. The zero-order valence-electron chi connectivity index (χ0n) is 9.88. The molecular weight excluding hydrogens is 240 g/mol. The molecule has 1 aromatic rings. The first-order valence-corrected chi connectivity index (χ1v) is 5.88. The summed E-state index contributed by atoms with van der Waals surface area (Å²) in [5.74, 6) is -1.43. The number of rotatable bonds is 1. The van der Waals surface area contributed by atoms with E-state index in [1.807, 2.05) is 0 Å². The number of anilines is 1. The van der Waals surface area contributed by atoms with Gasteiger partial charge in [-0.1, -0.05) is 0 Å². The second kappa shape index (κ2) is 5.77. The molecule has 18 heavy (non-hydrogen) atoms. The summed E-state index contributed by atoms with van der Waals surface area (Å²) in [5.41, 5.74) is -0.00129. The second-order valence-corrected chi connectivity index (χ2v) is 4.14. The van der Waals surface area contributed by atoms with E-state index in [-0.39, 0.29) is 11.7 Å². The van der Waals surface area contributed by atoms with Crippen LogP contribution in [0.1, 0.15) is 6.42 Å². The number of carbonyl (C=O) groups is 1. The number of urea groups is 1. The van der Waals surface area contributed by atoms with E-state index < -0.39 is 11.6 Å². The summed E-state index contributed by atoms with van der Waals surface area (Å²) in [6, 6.07) is 2.73. The Labute approximate surface area is 104 Å². The normalized spacial score (nSPS) is 16.2. The van der Waals surface area contributed by atoms with Gasteiger partial charge in [0.2, 0.25) is 0 Å². The van der Waals surface area contributed by atoms with Crippen LogP contribution in [0.15, 0.2) is 18.2 Å². The van der Waals surface area contributed by atoms with E-state index >= 15 is 0 Å². The molecule has 1 aliphatic rings. The first-order chi connectivity index (χ1) is 8.66. The maximum absolute atomic E-state index is 13.4. The van der Waals surface area contributed by atoms with Crippen molar-refractivity contribution in [1.82, 2.24) is 10.2 Å². The van der Waals surface area contributed by atoms with Gasteiger partial charge in [-0.15, -0.1) is 0 Å². The minimum atomic E-state index is -0.767. The molecule has 2 amide bonds. The zero-order valence-corrected chi connectivity index (χ0v) is 9.88. The molecule has 0 spiro atoms. The molecule has 98 valence electrons. The molecule has 1 saturated heterocycles. The Morgan fingerprint density at radius 2 is 2.11 bits per heavy atom. The molecule has 1 fully saturated rings. The van der Waals surface area contributed by atoms with Crippen molar-refractivity contribution in [2.75, 3.05) is 31.5 Å². The third-order valence-electron chi connectivity index (χ3n) is 2.80. The van der Waals surface area contributed by atoms with Gasteiger partial charge in [0.15, 0.2) is 0 Å². The highest BCUT2D eigenvalue weighted by Crippen LogP contribution is 2.15. The van der Waals surface area contributed by atoms with E-state index in [1.54, 1.807) is 4.90 Å². The summed E-state index contributed by atoms with van der Waals surface area (Å²) < 4.78 is 26.1. The molecule has 1 aromatic carbocycles. The molecule has 0 atom stereocenters. The quantitative estimate of drug-likeness (QED) is 0.803. The van der Waals surface area contributed by atoms with Gasteiger partial charge in [0, 0.05) is 25.7 Å². The average molecular weight is 255 g/mol. The maximum atomic E-state index is 13.4. The second-order valence-electron chi connectivity index (χ2n) is 4.14. The van der Waals surface area contributed by atoms with Crippen molar-refractivity contribution >= 4 is 11.7 Å². The van der Waals surface area contributed by atoms with Crippen molar-refractivity contribution < 1.29 is 13.6 Å². The van der Waals surface area contributed by atoms with Crippen molar-refractivity contribution in [3.63, 3.8) is 0 Å². The molecule has 0 radical (unpaired) electrons. The van der Waals surface area contributed by atoms with E-state index in [9.17, 15) is 13.6 Å². The Bertz CT molecular complexity index is 431. The van der Waals surface area contributed by atoms with Gasteiger partial charge >= 0.3 is 6.03 Å². The highest BCUT2D eigenvalue weighted by molar-refractivity contribution is 5.89. The predicted molar refractivity (Wildman–Crippen MR) is 64.4 cm³/mol. The Morgan fingerprint density at radius 3 is 2.89 bits per heavy atom. The third-order valence-corrected chi connectivity index (χ3v) is 2.80. The fraction of sp³-hybridized carbons (Fsp3) is 0.417. The van der Waals surface area contributed by atoms with Crippen molar-refractivity contribution in [1.29, 1.82) is 0 Å². The average Bonchev–Trinajstić information content (AvgIpc) is 2.61. The summed E-state index contributed by atoms with van der Waals surface area (Å²) in [7, 11) is 0. The van der Waals surface area contributed by atoms with Gasteiger partial charge in [0.05, 0.1) is 5.69 Å². The first kappa shape index (κ1) is 12.8. The van der Waals surface area contributed by atoms with Gasteiger partial charge in [-0.2, -0.15) is 0 Å². The van der Waals surface area contributed by atoms with E-state index in [4.69, 9.17) is 0 Å². The van der Waals surface area contributed by atoms with E-state index in [1.165, 1.54) is 6.07 Å². The SMILES string of the molecule is O=C(Nc1ccc(F)cc1F)N1CCCNCC1. The number of halogens is 2. The number of nitrogens with zero attached hydrogens (tertiary/aromatic N) is 1. The molecule has 0 unspecified atom stereocenters. The van der Waals surface area contributed by atoms with Crippen LogP contribution in [0.5, 0.6) is 0 Å². The molecule has 0 aliphatic carbocycles. The molecule has 0 saturated carbocycles. The molecule has 4 nitrogen and oxygen atoms in total. The van der Waals surface area contributed by atoms with E-state index in [0.29, 0.717) is 13.1 Å². The third kappa shape index (κ3) is 3.16. The number of hydrogen-bond acceptors (Lipinski definition) is 2. The Hall–Kier alpha value is -1.69. The highest BCUT2D eigenvalue weighted by atomic mass is 19.1. The van der Waals surface area contributed by atoms with Crippen LogP contribution in [0.3, 0.4) is 0 Å². The molecule has 0 bridgehead atoms. The van der Waals surface area contributed by atoms with Gasteiger partial charge in [-0.05, 0) is 25.1 Å². The molecule has 1 heterocycles. The topological polar surface area (TPSA) is 44.4 Å². The van der Waals surface area contributed by atoms with Crippen LogP contribution in [0.2, 0.25) is 0 Å². The number of amides is 2. The Balaban J connectivity index is 2.01. The lowest BCUT2D eigenvalue weighted by Gasteiger charge is -2.20. The van der Waals surface area contributed by atoms with E-state index in [0.717, 1.165) is 31.6 Å². The van der Waals surface area contributed by atoms with Crippen molar-refractivity contribution in [3.05, 3.63) is 29.8 Å². The summed E-state index contributed by atoms with van der Waals surface area (Å²) in [4.78, 5) is 13.5. The Kier molecular flexibility index (Phi) is 4.09. The lowest BCUT2D eigenvalue weighted by Crippen LogP contribution is -2.37. The zero-order chi connectivity index (χ0) is 13.0. The van der Waals surface area contributed by atoms with Crippen LogP contribution in [-0.4, -0.2) is 37.1 Å². The number of nitrogens with one attached hydrogen (secondary N) is 2. The van der Waals surface area contributed by atoms with Gasteiger partial charge < -0.3 is 15.5 Å². The lowest BCUT2D eigenvalue weighted by atomic mass is 10.3. The van der Waals surface area contributed by atoms with Gasteiger partial charge in [0.25, 0.3) is 0 Å². The minimum absolute atomic E-state index is 0.00129. The summed E-state index contributed by atoms with van der Waals surface area (Å²) in [6.07, 6.45) is 0.860. The monoisotopic (exact) mass is 255 g/mol. The first-order valence-electron chi connectivity index (χ1n) is 5.88. The van der Waals surface area contributed by atoms with Gasteiger partial charge in [-0.25, -0.2) is 13.6 Å².